The Hall–Kier alpha value is -3.33. The number of thiazole rings is 1. The summed E-state index contributed by atoms with van der Waals surface area (Å²) in [5.41, 5.74) is 0.643. The SMILES string of the molecule is COC(=O)c1cc([N+](=O)[O-])c(=O)n(Cc2cnc(-c3ccc(C(C)C)cc3)s2)c1. The van der Waals surface area contributed by atoms with E-state index in [9.17, 15) is 19.7 Å². The second-order valence-corrected chi connectivity index (χ2v) is 7.82. The highest BCUT2D eigenvalue weighted by molar-refractivity contribution is 7.15. The Bertz CT molecular complexity index is 1120. The first kappa shape index (κ1) is 20.4. The molecule has 0 aliphatic carbocycles. The van der Waals surface area contributed by atoms with E-state index < -0.39 is 22.1 Å². The van der Waals surface area contributed by atoms with Crippen molar-refractivity contribution in [1.82, 2.24) is 9.55 Å². The number of methoxy groups -OCH3 is 1. The van der Waals surface area contributed by atoms with E-state index >= 15 is 0 Å². The normalized spacial score (nSPS) is 10.9. The van der Waals surface area contributed by atoms with Gasteiger partial charge in [0.25, 0.3) is 0 Å². The van der Waals surface area contributed by atoms with Crippen LogP contribution in [-0.4, -0.2) is 27.6 Å². The molecule has 0 aliphatic rings. The smallest absolute Gasteiger partial charge is 0.339 e. The number of carbonyl (C=O) groups excluding carboxylic acids is 1. The van der Waals surface area contributed by atoms with E-state index in [1.807, 2.05) is 12.1 Å². The molecular formula is C20H19N3O5S. The van der Waals surface area contributed by atoms with Crippen LogP contribution in [0.3, 0.4) is 0 Å². The highest BCUT2D eigenvalue weighted by Crippen LogP contribution is 2.27. The summed E-state index contributed by atoms with van der Waals surface area (Å²) in [5, 5.41) is 12.0. The van der Waals surface area contributed by atoms with Crippen LogP contribution < -0.4 is 5.56 Å². The van der Waals surface area contributed by atoms with Crippen LogP contribution in [-0.2, 0) is 11.3 Å². The van der Waals surface area contributed by atoms with Crippen LogP contribution >= 0.6 is 11.3 Å². The molecule has 2 heterocycles. The second-order valence-electron chi connectivity index (χ2n) is 6.70. The first-order valence-corrected chi connectivity index (χ1v) is 9.64. The molecule has 3 aromatic rings. The van der Waals surface area contributed by atoms with Gasteiger partial charge in [-0.1, -0.05) is 38.1 Å². The van der Waals surface area contributed by atoms with Gasteiger partial charge in [0.15, 0.2) is 0 Å². The summed E-state index contributed by atoms with van der Waals surface area (Å²) in [7, 11) is 1.17. The highest BCUT2D eigenvalue weighted by atomic mass is 32.1. The second kappa shape index (κ2) is 8.36. The Balaban J connectivity index is 1.92. The lowest BCUT2D eigenvalue weighted by molar-refractivity contribution is -0.386. The summed E-state index contributed by atoms with van der Waals surface area (Å²) >= 11 is 1.38. The predicted octanol–water partition coefficient (Wildman–Crippen LogP) is 3.84. The zero-order chi connectivity index (χ0) is 21.1. The Morgan fingerprint density at radius 2 is 2.00 bits per heavy atom. The molecule has 3 rings (SSSR count). The number of esters is 1. The van der Waals surface area contributed by atoms with Crippen molar-refractivity contribution in [2.24, 2.45) is 0 Å². The molecule has 0 amide bonds. The van der Waals surface area contributed by atoms with Crippen LogP contribution in [0.4, 0.5) is 5.69 Å². The molecular weight excluding hydrogens is 394 g/mol. The first-order valence-electron chi connectivity index (χ1n) is 8.82. The summed E-state index contributed by atoms with van der Waals surface area (Å²) in [5.74, 6) is -0.322. The number of carbonyl (C=O) groups is 1. The molecule has 0 atom stereocenters. The average Bonchev–Trinajstić information content (AvgIpc) is 3.17. The molecule has 1 aromatic carbocycles. The minimum absolute atomic E-state index is 0.0618. The third kappa shape index (κ3) is 4.40. The van der Waals surface area contributed by atoms with E-state index in [-0.39, 0.29) is 12.1 Å². The maximum absolute atomic E-state index is 12.4. The fourth-order valence-corrected chi connectivity index (χ4v) is 3.71. The molecule has 0 saturated heterocycles. The summed E-state index contributed by atoms with van der Waals surface area (Å²) in [4.78, 5) is 39.7. The minimum Gasteiger partial charge on any atom is -0.465 e. The Morgan fingerprint density at radius 3 is 2.59 bits per heavy atom. The van der Waals surface area contributed by atoms with Crippen molar-refractivity contribution in [2.75, 3.05) is 7.11 Å². The Labute approximate surface area is 170 Å². The number of benzene rings is 1. The largest absolute Gasteiger partial charge is 0.465 e. The number of ether oxygens (including phenoxy) is 1. The third-order valence-corrected chi connectivity index (χ3v) is 5.42. The topological polar surface area (TPSA) is 104 Å². The van der Waals surface area contributed by atoms with Gasteiger partial charge in [0.2, 0.25) is 0 Å². The minimum atomic E-state index is -0.806. The molecule has 0 spiro atoms. The molecule has 0 radical (unpaired) electrons. The van der Waals surface area contributed by atoms with Crippen LogP contribution in [0.25, 0.3) is 10.6 Å². The molecule has 0 saturated carbocycles. The third-order valence-electron chi connectivity index (χ3n) is 4.39. The molecule has 9 heteroatoms. The Morgan fingerprint density at radius 1 is 1.31 bits per heavy atom. The van der Waals surface area contributed by atoms with Crippen LogP contribution in [0.1, 0.15) is 40.6 Å². The average molecular weight is 413 g/mol. The zero-order valence-electron chi connectivity index (χ0n) is 16.1. The summed E-state index contributed by atoms with van der Waals surface area (Å²) in [6.07, 6.45) is 2.89. The van der Waals surface area contributed by atoms with Crippen LogP contribution in [0.15, 0.2) is 47.5 Å². The Kier molecular flexibility index (Phi) is 5.88. The van der Waals surface area contributed by atoms with Gasteiger partial charge in [-0.3, -0.25) is 14.9 Å². The van der Waals surface area contributed by atoms with Crippen LogP contribution in [0.2, 0.25) is 0 Å². The van der Waals surface area contributed by atoms with Gasteiger partial charge in [0, 0.05) is 28.9 Å². The number of rotatable bonds is 6. The van der Waals surface area contributed by atoms with E-state index in [1.54, 1.807) is 6.20 Å². The number of nitrogens with zero attached hydrogens (tertiary/aromatic N) is 3. The summed E-state index contributed by atoms with van der Waals surface area (Å²) < 4.78 is 5.75. The van der Waals surface area contributed by atoms with Crippen molar-refractivity contribution in [3.05, 3.63) is 79.2 Å². The highest BCUT2D eigenvalue weighted by Gasteiger charge is 2.20. The van der Waals surface area contributed by atoms with E-state index in [0.29, 0.717) is 5.92 Å². The quantitative estimate of drug-likeness (QED) is 0.345. The maximum Gasteiger partial charge on any atom is 0.339 e. The monoisotopic (exact) mass is 413 g/mol. The van der Waals surface area contributed by atoms with Gasteiger partial charge in [0.05, 0.1) is 24.1 Å². The van der Waals surface area contributed by atoms with Gasteiger partial charge in [0.1, 0.15) is 5.01 Å². The molecule has 0 N–H and O–H groups in total. The molecule has 2 aromatic heterocycles. The molecule has 0 bridgehead atoms. The lowest BCUT2D eigenvalue weighted by atomic mass is 10.0. The van der Waals surface area contributed by atoms with Gasteiger partial charge >= 0.3 is 17.2 Å². The van der Waals surface area contributed by atoms with E-state index in [1.165, 1.54) is 30.2 Å². The van der Waals surface area contributed by atoms with Crippen molar-refractivity contribution < 1.29 is 14.5 Å². The zero-order valence-corrected chi connectivity index (χ0v) is 16.9. The fourth-order valence-electron chi connectivity index (χ4n) is 2.79. The number of hydrogen-bond acceptors (Lipinski definition) is 7. The number of pyridine rings is 1. The lowest BCUT2D eigenvalue weighted by Gasteiger charge is -2.06. The maximum atomic E-state index is 12.4. The van der Waals surface area contributed by atoms with E-state index in [2.05, 4.69) is 35.7 Å². The molecule has 150 valence electrons. The standard InChI is InChI=1S/C20H19N3O5S/c1-12(2)13-4-6-14(7-5-13)18-21-9-16(29-18)11-22-10-15(20(25)28-3)8-17(19(22)24)23(26)27/h4-10,12H,11H2,1-3H3. The van der Waals surface area contributed by atoms with Gasteiger partial charge in [-0.2, -0.15) is 0 Å². The molecule has 29 heavy (non-hydrogen) atoms. The van der Waals surface area contributed by atoms with Gasteiger partial charge in [-0.25, -0.2) is 9.78 Å². The molecule has 0 unspecified atom stereocenters. The van der Waals surface area contributed by atoms with Crippen molar-refractivity contribution in [3.63, 3.8) is 0 Å². The van der Waals surface area contributed by atoms with Gasteiger partial charge in [-0.05, 0) is 11.5 Å². The van der Waals surface area contributed by atoms with Crippen LogP contribution in [0.5, 0.6) is 0 Å². The molecule has 8 nitrogen and oxygen atoms in total. The van der Waals surface area contributed by atoms with Crippen molar-refractivity contribution in [3.8, 4) is 10.6 Å². The van der Waals surface area contributed by atoms with Gasteiger partial charge in [-0.15, -0.1) is 11.3 Å². The van der Waals surface area contributed by atoms with Crippen molar-refractivity contribution >= 4 is 23.0 Å². The van der Waals surface area contributed by atoms with E-state index in [0.717, 1.165) is 26.1 Å². The number of aromatic nitrogens is 2. The molecule has 0 fully saturated rings. The van der Waals surface area contributed by atoms with Crippen molar-refractivity contribution in [2.45, 2.75) is 26.3 Å². The predicted molar refractivity (Wildman–Crippen MR) is 109 cm³/mol. The van der Waals surface area contributed by atoms with E-state index in [4.69, 9.17) is 0 Å². The van der Waals surface area contributed by atoms with Crippen molar-refractivity contribution in [1.29, 1.82) is 0 Å². The van der Waals surface area contributed by atoms with Crippen LogP contribution in [0, 0.1) is 10.1 Å². The number of hydrogen-bond donors (Lipinski definition) is 0. The first-order chi connectivity index (χ1) is 13.8. The van der Waals surface area contributed by atoms with Gasteiger partial charge < -0.3 is 9.30 Å². The summed E-state index contributed by atoms with van der Waals surface area (Å²) in [6, 6.07) is 9.02. The molecule has 0 aliphatic heterocycles. The lowest BCUT2D eigenvalue weighted by Crippen LogP contribution is -2.24. The summed E-state index contributed by atoms with van der Waals surface area (Å²) in [6.45, 7) is 4.30. The number of nitro groups is 1. The fraction of sp³-hybridized carbons (Fsp3) is 0.250.